The lowest BCUT2D eigenvalue weighted by molar-refractivity contribution is -0.384. The number of non-ortho nitro benzene ring substituents is 1. The highest BCUT2D eigenvalue weighted by atomic mass is 16.6. The summed E-state index contributed by atoms with van der Waals surface area (Å²) >= 11 is 0. The van der Waals surface area contributed by atoms with Crippen LogP contribution in [0.2, 0.25) is 0 Å². The van der Waals surface area contributed by atoms with E-state index in [1.807, 2.05) is 19.1 Å². The lowest BCUT2D eigenvalue weighted by Gasteiger charge is -2.03. The lowest BCUT2D eigenvalue weighted by atomic mass is 10.1. The molecule has 22 heavy (non-hydrogen) atoms. The van der Waals surface area contributed by atoms with Gasteiger partial charge in [-0.1, -0.05) is 29.8 Å². The average Bonchev–Trinajstić information content (AvgIpc) is 2.49. The number of anilines is 1. The number of aryl methyl sites for hydroxylation is 1. The van der Waals surface area contributed by atoms with Crippen LogP contribution >= 0.6 is 0 Å². The molecule has 2 aromatic rings. The molecule has 0 fully saturated rings. The van der Waals surface area contributed by atoms with Crippen LogP contribution in [0.5, 0.6) is 5.75 Å². The number of phenols is 1. The largest absolute Gasteiger partial charge is 0.506 e. The second-order valence-corrected chi connectivity index (χ2v) is 4.67. The van der Waals surface area contributed by atoms with Gasteiger partial charge in [0.25, 0.3) is 5.69 Å². The van der Waals surface area contributed by atoms with Crippen molar-refractivity contribution in [3.05, 3.63) is 76.0 Å². The van der Waals surface area contributed by atoms with Gasteiger partial charge in [-0.05, 0) is 13.0 Å². The van der Waals surface area contributed by atoms with Crippen LogP contribution in [0.3, 0.4) is 0 Å². The summed E-state index contributed by atoms with van der Waals surface area (Å²) in [6, 6.07) is 10.7. The van der Waals surface area contributed by atoms with E-state index in [2.05, 4.69) is 5.32 Å². The summed E-state index contributed by atoms with van der Waals surface area (Å²) in [6.07, 6.45) is 2.63. The number of nitrogens with zero attached hydrogens (tertiary/aromatic N) is 1. The molecule has 0 heterocycles. The fourth-order valence-corrected chi connectivity index (χ4v) is 1.77. The molecule has 0 saturated carbocycles. The number of carbonyl (C=O) groups is 1. The van der Waals surface area contributed by atoms with Crippen LogP contribution in [0, 0.1) is 17.0 Å². The van der Waals surface area contributed by atoms with Gasteiger partial charge in [-0.3, -0.25) is 14.9 Å². The normalized spacial score (nSPS) is 10.6. The predicted octanol–water partition coefficient (Wildman–Crippen LogP) is 3.42. The van der Waals surface area contributed by atoms with Gasteiger partial charge in [-0.25, -0.2) is 0 Å². The number of nitrogens with one attached hydrogen (secondary N) is 1. The molecule has 0 bridgehead atoms. The zero-order chi connectivity index (χ0) is 16.1. The van der Waals surface area contributed by atoms with Crippen LogP contribution in [-0.2, 0) is 0 Å². The number of carbonyl (C=O) groups excluding carboxylic acids is 1. The number of aromatic hydroxyl groups is 1. The zero-order valence-electron chi connectivity index (χ0n) is 11.8. The van der Waals surface area contributed by atoms with E-state index in [-0.39, 0.29) is 22.9 Å². The summed E-state index contributed by atoms with van der Waals surface area (Å²) in [6.45, 7) is 1.93. The van der Waals surface area contributed by atoms with Crippen molar-refractivity contribution in [3.63, 3.8) is 0 Å². The summed E-state index contributed by atoms with van der Waals surface area (Å²) in [7, 11) is 0. The number of ketones is 1. The van der Waals surface area contributed by atoms with Crippen LogP contribution < -0.4 is 5.32 Å². The van der Waals surface area contributed by atoms with E-state index in [0.717, 1.165) is 5.56 Å². The van der Waals surface area contributed by atoms with Gasteiger partial charge in [0.05, 0.1) is 10.6 Å². The lowest BCUT2D eigenvalue weighted by Crippen LogP contribution is -1.97. The number of nitro groups is 1. The topological polar surface area (TPSA) is 92.5 Å². The SMILES string of the molecule is Cc1ccc(C(=O)/C=C/Nc2cc([N+](=O)[O-])ccc2O)cc1. The van der Waals surface area contributed by atoms with Crippen molar-refractivity contribution < 1.29 is 14.8 Å². The average molecular weight is 298 g/mol. The molecule has 0 unspecified atom stereocenters. The molecule has 0 aliphatic rings. The molecule has 0 radical (unpaired) electrons. The number of phenolic OH excluding ortho intramolecular Hbond substituents is 1. The van der Waals surface area contributed by atoms with E-state index < -0.39 is 4.92 Å². The minimum absolute atomic E-state index is 0.141. The molecule has 0 saturated heterocycles. The summed E-state index contributed by atoms with van der Waals surface area (Å²) < 4.78 is 0. The third kappa shape index (κ3) is 3.69. The van der Waals surface area contributed by atoms with Crippen LogP contribution in [-0.4, -0.2) is 15.8 Å². The maximum atomic E-state index is 11.9. The highest BCUT2D eigenvalue weighted by molar-refractivity contribution is 6.04. The van der Waals surface area contributed by atoms with Gasteiger partial charge in [-0.2, -0.15) is 0 Å². The van der Waals surface area contributed by atoms with Crippen molar-refractivity contribution in [1.82, 2.24) is 0 Å². The Bertz CT molecular complexity index is 736. The van der Waals surface area contributed by atoms with Crippen molar-refractivity contribution in [2.24, 2.45) is 0 Å². The van der Waals surface area contributed by atoms with Gasteiger partial charge in [0.15, 0.2) is 5.78 Å². The first-order chi connectivity index (χ1) is 10.5. The van der Waals surface area contributed by atoms with Crippen LogP contribution in [0.15, 0.2) is 54.7 Å². The fourth-order valence-electron chi connectivity index (χ4n) is 1.77. The number of allylic oxidation sites excluding steroid dienone is 1. The van der Waals surface area contributed by atoms with Gasteiger partial charge in [0.1, 0.15) is 5.75 Å². The smallest absolute Gasteiger partial charge is 0.271 e. The molecule has 6 heteroatoms. The minimum Gasteiger partial charge on any atom is -0.506 e. The Kier molecular flexibility index (Phi) is 4.53. The van der Waals surface area contributed by atoms with Gasteiger partial charge in [-0.15, -0.1) is 0 Å². The monoisotopic (exact) mass is 298 g/mol. The number of benzene rings is 2. The first-order valence-electron chi connectivity index (χ1n) is 6.49. The fraction of sp³-hybridized carbons (Fsp3) is 0.0625. The third-order valence-corrected chi connectivity index (χ3v) is 3.00. The standard InChI is InChI=1S/C16H14N2O4/c1-11-2-4-12(5-3-11)15(19)8-9-17-14-10-13(18(21)22)6-7-16(14)20/h2-10,17,20H,1H3/b9-8+. The van der Waals surface area contributed by atoms with Crippen molar-refractivity contribution >= 4 is 17.2 Å². The van der Waals surface area contributed by atoms with Crippen LogP contribution in [0.25, 0.3) is 0 Å². The molecule has 0 spiro atoms. The summed E-state index contributed by atoms with van der Waals surface area (Å²) in [5, 5.41) is 23.0. The van der Waals surface area contributed by atoms with E-state index in [0.29, 0.717) is 5.56 Å². The van der Waals surface area contributed by atoms with Gasteiger partial charge >= 0.3 is 0 Å². The van der Waals surface area contributed by atoms with Gasteiger partial charge in [0, 0.05) is 30.0 Å². The van der Waals surface area contributed by atoms with Gasteiger partial charge < -0.3 is 10.4 Å². The molecule has 0 amide bonds. The molecule has 2 rings (SSSR count). The molecule has 112 valence electrons. The predicted molar refractivity (Wildman–Crippen MR) is 83.0 cm³/mol. The molecule has 2 aromatic carbocycles. The Hall–Kier alpha value is -3.15. The Balaban J connectivity index is 2.09. The molecule has 0 aromatic heterocycles. The summed E-state index contributed by atoms with van der Waals surface area (Å²) in [4.78, 5) is 22.0. The van der Waals surface area contributed by atoms with E-state index in [9.17, 15) is 20.0 Å². The molecule has 6 nitrogen and oxygen atoms in total. The Morgan fingerprint density at radius 3 is 2.55 bits per heavy atom. The summed E-state index contributed by atoms with van der Waals surface area (Å²) in [5.74, 6) is -0.351. The van der Waals surface area contributed by atoms with Crippen molar-refractivity contribution in [1.29, 1.82) is 0 Å². The second kappa shape index (κ2) is 6.53. The van der Waals surface area contributed by atoms with E-state index >= 15 is 0 Å². The van der Waals surface area contributed by atoms with E-state index in [1.165, 1.54) is 30.5 Å². The number of rotatable bonds is 5. The molecule has 2 N–H and O–H groups in total. The van der Waals surface area contributed by atoms with Crippen molar-refractivity contribution in [2.75, 3.05) is 5.32 Å². The molecular weight excluding hydrogens is 284 g/mol. The first-order valence-corrected chi connectivity index (χ1v) is 6.49. The molecule has 0 atom stereocenters. The zero-order valence-corrected chi connectivity index (χ0v) is 11.8. The maximum absolute atomic E-state index is 11.9. The Labute approximate surface area is 126 Å². The van der Waals surface area contributed by atoms with Crippen LogP contribution in [0.4, 0.5) is 11.4 Å². The van der Waals surface area contributed by atoms with Crippen LogP contribution in [0.1, 0.15) is 15.9 Å². The van der Waals surface area contributed by atoms with E-state index in [1.54, 1.807) is 12.1 Å². The Morgan fingerprint density at radius 2 is 1.91 bits per heavy atom. The third-order valence-electron chi connectivity index (χ3n) is 3.00. The quantitative estimate of drug-likeness (QED) is 0.290. The number of nitro benzene ring substituents is 1. The molecule has 0 aliphatic carbocycles. The van der Waals surface area contributed by atoms with E-state index in [4.69, 9.17) is 0 Å². The number of hydrogen-bond donors (Lipinski definition) is 2. The molecule has 0 aliphatic heterocycles. The van der Waals surface area contributed by atoms with Crippen molar-refractivity contribution in [3.8, 4) is 5.75 Å². The highest BCUT2D eigenvalue weighted by Crippen LogP contribution is 2.27. The molecular formula is C16H14N2O4. The van der Waals surface area contributed by atoms with Gasteiger partial charge in [0.2, 0.25) is 0 Å². The first kappa shape index (κ1) is 15.2. The number of hydrogen-bond acceptors (Lipinski definition) is 5. The highest BCUT2D eigenvalue weighted by Gasteiger charge is 2.09. The summed E-state index contributed by atoms with van der Waals surface area (Å²) in [5.41, 5.74) is 1.59. The Morgan fingerprint density at radius 1 is 1.23 bits per heavy atom. The second-order valence-electron chi connectivity index (χ2n) is 4.67. The van der Waals surface area contributed by atoms with Crippen molar-refractivity contribution in [2.45, 2.75) is 6.92 Å². The minimum atomic E-state index is -0.564. The maximum Gasteiger partial charge on any atom is 0.271 e.